The summed E-state index contributed by atoms with van der Waals surface area (Å²) in [6.45, 7) is 14.2. The van der Waals surface area contributed by atoms with Gasteiger partial charge in [0.25, 0.3) is 0 Å². The number of rotatable bonds is 4. The van der Waals surface area contributed by atoms with E-state index in [1.807, 2.05) is 0 Å². The third kappa shape index (κ3) is 16.1. The van der Waals surface area contributed by atoms with Crippen LogP contribution in [0.25, 0.3) is 0 Å². The summed E-state index contributed by atoms with van der Waals surface area (Å²) >= 11 is 0. The Balaban J connectivity index is -0.0000000152. The van der Waals surface area contributed by atoms with Gasteiger partial charge in [-0.15, -0.1) is 0 Å². The second kappa shape index (κ2) is 29.3. The van der Waals surface area contributed by atoms with E-state index < -0.39 is 0 Å². The van der Waals surface area contributed by atoms with E-state index >= 15 is 0 Å². The molecule has 112 valence electrons. The molecule has 16 heavy (non-hydrogen) atoms. The van der Waals surface area contributed by atoms with Gasteiger partial charge in [0, 0.05) is 0 Å². The van der Waals surface area contributed by atoms with Crippen molar-refractivity contribution in [3.8, 4) is 0 Å². The minimum Gasteiger partial charge on any atom is -0.870 e. The topological polar surface area (TPSA) is 219 Å². The Bertz CT molecular complexity index is 63.3. The molecule has 0 saturated heterocycles. The maximum absolute atomic E-state index is 2.27. The molecule has 0 aliphatic heterocycles. The molecular formula is C8H33NO7. The van der Waals surface area contributed by atoms with Crippen molar-refractivity contribution in [2.24, 2.45) is 0 Å². The third-order valence-corrected chi connectivity index (χ3v) is 2.68. The lowest BCUT2D eigenvalue weighted by molar-refractivity contribution is -0.921. The predicted octanol–water partition coefficient (Wildman–Crippen LogP) is -3.24. The quantitative estimate of drug-likeness (QED) is 0.464. The zero-order chi connectivity index (χ0) is 7.33. The minimum absolute atomic E-state index is 0. The molecule has 8 nitrogen and oxygen atoms in total. The summed E-state index contributed by atoms with van der Waals surface area (Å²) in [5, 5.41) is 0. The summed E-state index contributed by atoms with van der Waals surface area (Å²) in [6, 6.07) is 0. The van der Waals surface area contributed by atoms with Gasteiger partial charge in [0.2, 0.25) is 0 Å². The molecule has 0 aliphatic rings. The van der Waals surface area contributed by atoms with Crippen molar-refractivity contribution in [2.45, 2.75) is 27.7 Å². The summed E-state index contributed by atoms with van der Waals surface area (Å²) in [6.07, 6.45) is 0. The average Bonchev–Trinajstić information content (AvgIpc) is 1.95. The van der Waals surface area contributed by atoms with Crippen LogP contribution in [-0.2, 0) is 0 Å². The SMILES string of the molecule is CC[N+](CC)(CC)CC.O.O.O.O.O.O.[OH-]. The molecule has 0 bridgehead atoms. The van der Waals surface area contributed by atoms with E-state index in [1.165, 1.54) is 30.7 Å². The second-order valence-electron chi connectivity index (χ2n) is 2.61. The molecule has 0 aliphatic carbocycles. The van der Waals surface area contributed by atoms with Crippen LogP contribution in [0.3, 0.4) is 0 Å². The number of quaternary nitrogens is 1. The first-order valence-electron chi connectivity index (χ1n) is 4.09. The molecule has 0 aromatic rings. The monoisotopic (exact) mass is 255 g/mol. The van der Waals surface area contributed by atoms with E-state index in [9.17, 15) is 0 Å². The van der Waals surface area contributed by atoms with E-state index in [0.29, 0.717) is 0 Å². The van der Waals surface area contributed by atoms with Gasteiger partial charge in [-0.2, -0.15) is 0 Å². The Labute approximate surface area is 97.6 Å². The Morgan fingerprint density at radius 2 is 0.625 bits per heavy atom. The molecule has 0 rings (SSSR count). The van der Waals surface area contributed by atoms with Crippen LogP contribution in [0.5, 0.6) is 0 Å². The predicted molar refractivity (Wildman–Crippen MR) is 66.0 cm³/mol. The molecular weight excluding hydrogens is 222 g/mol. The maximum Gasteiger partial charge on any atom is 0.0757 e. The highest BCUT2D eigenvalue weighted by atomic mass is 16.0. The van der Waals surface area contributed by atoms with Crippen LogP contribution in [0.1, 0.15) is 27.7 Å². The van der Waals surface area contributed by atoms with Gasteiger partial charge in [-0.3, -0.25) is 0 Å². The lowest BCUT2D eigenvalue weighted by Crippen LogP contribution is -2.47. The Morgan fingerprint density at radius 3 is 0.625 bits per heavy atom. The zero-order valence-electron chi connectivity index (χ0n) is 10.7. The Morgan fingerprint density at radius 1 is 0.500 bits per heavy atom. The molecule has 0 fully saturated rings. The fraction of sp³-hybridized carbons (Fsp3) is 1.00. The van der Waals surface area contributed by atoms with Crippen LogP contribution in [0.15, 0.2) is 0 Å². The average molecular weight is 255 g/mol. The first kappa shape index (κ1) is 57.3. The fourth-order valence-electron chi connectivity index (χ4n) is 1.34. The van der Waals surface area contributed by atoms with E-state index in [4.69, 9.17) is 0 Å². The van der Waals surface area contributed by atoms with E-state index in [1.54, 1.807) is 0 Å². The summed E-state index contributed by atoms with van der Waals surface area (Å²) in [5.41, 5.74) is 0. The van der Waals surface area contributed by atoms with Crippen molar-refractivity contribution in [3.05, 3.63) is 0 Å². The van der Waals surface area contributed by atoms with Gasteiger partial charge < -0.3 is 42.8 Å². The van der Waals surface area contributed by atoms with Crippen molar-refractivity contribution >= 4 is 0 Å². The normalized spacial score (nSPS) is 6.75. The van der Waals surface area contributed by atoms with Crippen LogP contribution in [-0.4, -0.2) is 69.0 Å². The molecule has 0 radical (unpaired) electrons. The van der Waals surface area contributed by atoms with Gasteiger partial charge in [-0.05, 0) is 27.7 Å². The molecule has 0 amide bonds. The molecule has 0 saturated carbocycles. The Kier molecular flexibility index (Phi) is 105. The highest BCUT2D eigenvalue weighted by molar-refractivity contribution is 4.31. The molecule has 0 spiro atoms. The van der Waals surface area contributed by atoms with Crippen molar-refractivity contribution in [2.75, 3.05) is 26.2 Å². The molecule has 13 N–H and O–H groups in total. The molecule has 0 atom stereocenters. The Hall–Kier alpha value is -0.320. The van der Waals surface area contributed by atoms with Crippen LogP contribution < -0.4 is 0 Å². The summed E-state index contributed by atoms with van der Waals surface area (Å²) in [4.78, 5) is 0. The van der Waals surface area contributed by atoms with Crippen molar-refractivity contribution in [3.63, 3.8) is 0 Å². The minimum atomic E-state index is 0. The van der Waals surface area contributed by atoms with E-state index in [2.05, 4.69) is 27.7 Å². The molecule has 0 aromatic carbocycles. The molecule has 0 heterocycles. The standard InChI is InChI=1S/C8H20N.7H2O/c1-5-9(6-2,7-3)8-4;;;;;;;/h5-8H2,1-4H3;7*1H2/q+1;;;;;;;/p-1. The molecule has 0 unspecified atom stereocenters. The maximum atomic E-state index is 2.27. The van der Waals surface area contributed by atoms with E-state index in [0.717, 1.165) is 0 Å². The molecule has 0 aromatic heterocycles. The molecule has 8 heteroatoms. The third-order valence-electron chi connectivity index (χ3n) is 2.68. The van der Waals surface area contributed by atoms with Crippen molar-refractivity contribution in [1.82, 2.24) is 0 Å². The zero-order valence-corrected chi connectivity index (χ0v) is 10.7. The fourth-order valence-corrected chi connectivity index (χ4v) is 1.34. The lowest BCUT2D eigenvalue weighted by atomic mass is 10.3. The largest absolute Gasteiger partial charge is 0.870 e. The van der Waals surface area contributed by atoms with E-state index in [-0.39, 0.29) is 38.3 Å². The van der Waals surface area contributed by atoms with Gasteiger partial charge in [0.1, 0.15) is 0 Å². The van der Waals surface area contributed by atoms with Gasteiger partial charge in [-0.1, -0.05) is 0 Å². The number of hydrogen-bond donors (Lipinski definition) is 0. The highest BCUT2D eigenvalue weighted by Crippen LogP contribution is 2.03. The van der Waals surface area contributed by atoms with Crippen LogP contribution in [0.2, 0.25) is 0 Å². The van der Waals surface area contributed by atoms with Gasteiger partial charge in [-0.25, -0.2) is 0 Å². The number of nitrogens with zero attached hydrogens (tertiary/aromatic N) is 1. The van der Waals surface area contributed by atoms with Crippen molar-refractivity contribution < 1.29 is 42.8 Å². The summed E-state index contributed by atoms with van der Waals surface area (Å²) in [7, 11) is 0. The van der Waals surface area contributed by atoms with Crippen molar-refractivity contribution in [1.29, 1.82) is 0 Å². The van der Waals surface area contributed by atoms with Crippen LogP contribution in [0.4, 0.5) is 0 Å². The van der Waals surface area contributed by atoms with Gasteiger partial charge >= 0.3 is 0 Å². The van der Waals surface area contributed by atoms with Gasteiger partial charge in [0.05, 0.1) is 26.2 Å². The van der Waals surface area contributed by atoms with Crippen LogP contribution >= 0.6 is 0 Å². The van der Waals surface area contributed by atoms with Crippen LogP contribution in [0, 0.1) is 0 Å². The lowest BCUT2D eigenvalue weighted by Gasteiger charge is -2.34. The smallest absolute Gasteiger partial charge is 0.0757 e. The second-order valence-corrected chi connectivity index (χ2v) is 2.61. The summed E-state index contributed by atoms with van der Waals surface area (Å²) in [5.74, 6) is 0. The highest BCUT2D eigenvalue weighted by Gasteiger charge is 2.16. The number of hydrogen-bond acceptors (Lipinski definition) is 1. The van der Waals surface area contributed by atoms with Gasteiger partial charge in [0.15, 0.2) is 0 Å². The summed E-state index contributed by atoms with van der Waals surface area (Å²) < 4.78 is 1.28. The first-order valence-corrected chi connectivity index (χ1v) is 4.09. The first-order chi connectivity index (χ1) is 4.24.